The number of hydrogen-bond donors (Lipinski definition) is 0. The van der Waals surface area contributed by atoms with Crippen LogP contribution in [0.2, 0.25) is 0 Å². The highest BCUT2D eigenvalue weighted by Crippen LogP contribution is 2.44. The number of fused-ring (bicyclic) bond motifs is 1. The zero-order valence-electron chi connectivity index (χ0n) is 25.2. The number of imidazole rings is 1. The van der Waals surface area contributed by atoms with Gasteiger partial charge in [-0.2, -0.15) is 0 Å². The first-order valence-electron chi connectivity index (χ1n) is 15.0. The molecule has 3 heterocycles. The summed E-state index contributed by atoms with van der Waals surface area (Å²) in [6.45, 7) is 8.09. The second-order valence-electron chi connectivity index (χ2n) is 10.7. The Bertz CT molecular complexity index is 1620. The number of benzene rings is 2. The Morgan fingerprint density at radius 3 is 2.59 bits per heavy atom. The number of piperidine rings is 1. The minimum atomic E-state index is -2.42. The van der Waals surface area contributed by atoms with Crippen molar-refractivity contribution in [2.45, 2.75) is 77.0 Å². The molecule has 6 nitrogen and oxygen atoms in total. The Balaban J connectivity index is 1.46. The van der Waals surface area contributed by atoms with Gasteiger partial charge in [-0.25, -0.2) is 13.8 Å². The van der Waals surface area contributed by atoms with Crippen molar-refractivity contribution in [2.24, 2.45) is 0 Å². The van der Waals surface area contributed by atoms with E-state index in [1.807, 2.05) is 30.9 Å². The second kappa shape index (κ2) is 10.2. The van der Waals surface area contributed by atoms with Crippen LogP contribution in [0.15, 0.2) is 53.2 Å². The lowest BCUT2D eigenvalue weighted by Crippen LogP contribution is -2.34. The molecule has 0 bridgehead atoms. The molecule has 2 fully saturated rings. The van der Waals surface area contributed by atoms with Crippen molar-refractivity contribution in [2.75, 3.05) is 11.9 Å². The van der Waals surface area contributed by atoms with E-state index in [0.717, 1.165) is 83.3 Å². The maximum Gasteiger partial charge on any atom is 0.160 e. The van der Waals surface area contributed by atoms with Crippen molar-refractivity contribution in [3.8, 4) is 11.1 Å². The molecule has 1 aliphatic heterocycles. The number of methoxy groups -OCH3 is 1. The molecule has 6 rings (SSSR count). The zero-order chi connectivity index (χ0) is 29.8. The summed E-state index contributed by atoms with van der Waals surface area (Å²) in [5.41, 5.74) is 5.81. The van der Waals surface area contributed by atoms with Crippen molar-refractivity contribution in [3.63, 3.8) is 0 Å². The lowest BCUT2D eigenvalue weighted by atomic mass is 9.91. The molecule has 2 aromatic heterocycles. The second-order valence-corrected chi connectivity index (χ2v) is 10.7. The largest absolute Gasteiger partial charge is 0.381 e. The van der Waals surface area contributed by atoms with Crippen LogP contribution in [0.3, 0.4) is 0 Å². The van der Waals surface area contributed by atoms with Crippen molar-refractivity contribution in [1.29, 1.82) is 0 Å². The molecule has 4 aromatic rings. The van der Waals surface area contributed by atoms with E-state index in [2.05, 4.69) is 22.4 Å². The summed E-state index contributed by atoms with van der Waals surface area (Å²) in [6.07, 6.45) is 4.74. The number of aromatic nitrogens is 3. The van der Waals surface area contributed by atoms with Gasteiger partial charge in [0.2, 0.25) is 0 Å². The van der Waals surface area contributed by atoms with E-state index in [1.165, 1.54) is 6.07 Å². The Labute approximate surface area is 231 Å². The molecule has 39 heavy (non-hydrogen) atoms. The number of ether oxygens (including phenoxy) is 1. The van der Waals surface area contributed by atoms with Gasteiger partial charge in [0, 0.05) is 36.1 Å². The van der Waals surface area contributed by atoms with E-state index < -0.39 is 18.7 Å². The number of hydrogen-bond acceptors (Lipinski definition) is 5. The molecule has 0 N–H and O–H groups in total. The summed E-state index contributed by atoms with van der Waals surface area (Å²) in [5.74, 6) is -0.248. The van der Waals surface area contributed by atoms with Crippen LogP contribution in [0.4, 0.5) is 14.5 Å². The van der Waals surface area contributed by atoms with E-state index in [-0.39, 0.29) is 18.2 Å². The molecule has 0 radical (unpaired) electrons. The number of aryl methyl sites for hydroxylation is 2. The highest BCUT2D eigenvalue weighted by Gasteiger charge is 2.34. The first kappa shape index (κ1) is 22.3. The molecule has 1 atom stereocenters. The molecule has 0 amide bonds. The minimum absolute atomic E-state index is 0.0633. The van der Waals surface area contributed by atoms with Crippen molar-refractivity contribution < 1.29 is 22.2 Å². The van der Waals surface area contributed by atoms with Gasteiger partial charge in [-0.3, -0.25) is 0 Å². The highest BCUT2D eigenvalue weighted by molar-refractivity contribution is 5.84. The number of rotatable bonds is 5. The van der Waals surface area contributed by atoms with Crippen LogP contribution in [-0.2, 0) is 4.74 Å². The topological polar surface area (TPSA) is 56.3 Å². The van der Waals surface area contributed by atoms with E-state index >= 15 is 0 Å². The summed E-state index contributed by atoms with van der Waals surface area (Å²) in [4.78, 5) is 7.20. The monoisotopic (exact) mass is 535 g/mol. The van der Waals surface area contributed by atoms with Gasteiger partial charge in [-0.1, -0.05) is 17.8 Å². The van der Waals surface area contributed by atoms with E-state index in [4.69, 9.17) is 18.4 Å². The Kier molecular flexibility index (Phi) is 5.85. The number of allylic oxidation sites excluding steroid dienone is 1. The normalized spacial score (nSPS) is 23.6. The Morgan fingerprint density at radius 2 is 1.87 bits per heavy atom. The molecule has 1 saturated heterocycles. The Hall–Kier alpha value is -3.52. The first-order chi connectivity index (χ1) is 20.0. The smallest absolute Gasteiger partial charge is 0.160 e. The fourth-order valence-electron chi connectivity index (χ4n) is 6.42. The fraction of sp³-hybridized carbons (Fsp3) is 0.419. The SMILES string of the molecule is [2H]C([2H])([2H])OC1CCC(n2c([C@@H]3CCCC(=C)N3c3ccc(F)c(F)c3)nc3cc(-c4c(C)noc4C)ccc32)CC1. The third kappa shape index (κ3) is 4.54. The fourth-order valence-corrected chi connectivity index (χ4v) is 6.42. The van der Waals surface area contributed by atoms with E-state index in [9.17, 15) is 8.78 Å². The highest BCUT2D eigenvalue weighted by atomic mass is 19.2. The lowest BCUT2D eigenvalue weighted by Gasteiger charge is -2.40. The summed E-state index contributed by atoms with van der Waals surface area (Å²) in [5, 5.41) is 4.11. The number of nitrogens with zero attached hydrogens (tertiary/aromatic N) is 4. The summed E-state index contributed by atoms with van der Waals surface area (Å²) in [7, 11) is -2.42. The molecule has 2 aromatic carbocycles. The molecule has 1 saturated carbocycles. The van der Waals surface area contributed by atoms with Crippen LogP contribution in [0.1, 0.15) is 78.4 Å². The number of anilines is 1. The van der Waals surface area contributed by atoms with Gasteiger partial charge in [-0.15, -0.1) is 0 Å². The van der Waals surface area contributed by atoms with Gasteiger partial charge < -0.3 is 18.7 Å². The van der Waals surface area contributed by atoms with E-state index in [0.29, 0.717) is 18.5 Å². The van der Waals surface area contributed by atoms with Crippen LogP contribution in [0, 0.1) is 25.5 Å². The lowest BCUT2D eigenvalue weighted by molar-refractivity contribution is 0.0584. The average Bonchev–Trinajstić information content (AvgIpc) is 3.48. The van der Waals surface area contributed by atoms with Crippen LogP contribution in [-0.4, -0.2) is 27.8 Å². The van der Waals surface area contributed by atoms with Gasteiger partial charge in [0.1, 0.15) is 11.6 Å². The van der Waals surface area contributed by atoms with Gasteiger partial charge in [0.25, 0.3) is 0 Å². The Morgan fingerprint density at radius 1 is 1.05 bits per heavy atom. The third-order valence-electron chi connectivity index (χ3n) is 8.29. The minimum Gasteiger partial charge on any atom is -0.381 e. The molecule has 0 unspecified atom stereocenters. The van der Waals surface area contributed by atoms with Gasteiger partial charge in [-0.05, 0) is 88.6 Å². The van der Waals surface area contributed by atoms with Crippen LogP contribution in [0.25, 0.3) is 22.2 Å². The third-order valence-corrected chi connectivity index (χ3v) is 8.29. The zero-order valence-corrected chi connectivity index (χ0v) is 22.2. The quantitative estimate of drug-likeness (QED) is 0.259. The number of halogens is 2. The molecule has 0 spiro atoms. The molecule has 204 valence electrons. The summed E-state index contributed by atoms with van der Waals surface area (Å²) < 4.78 is 63.9. The molecule has 8 heteroatoms. The first-order valence-corrected chi connectivity index (χ1v) is 13.5. The molecular weight excluding hydrogens is 498 g/mol. The van der Waals surface area contributed by atoms with Crippen LogP contribution in [0.5, 0.6) is 0 Å². The predicted molar refractivity (Wildman–Crippen MR) is 148 cm³/mol. The maximum absolute atomic E-state index is 14.4. The van der Waals surface area contributed by atoms with Crippen molar-refractivity contribution >= 4 is 16.7 Å². The average molecular weight is 536 g/mol. The van der Waals surface area contributed by atoms with Crippen LogP contribution < -0.4 is 4.90 Å². The molecule has 2 aliphatic rings. The summed E-state index contributed by atoms with van der Waals surface area (Å²) >= 11 is 0. The predicted octanol–water partition coefficient (Wildman–Crippen LogP) is 7.96. The van der Waals surface area contributed by atoms with Gasteiger partial charge in [0.05, 0.1) is 33.0 Å². The van der Waals surface area contributed by atoms with E-state index in [1.54, 1.807) is 6.07 Å². The standard InChI is InChI=1S/C31H34F2N4O2/c1-18-6-5-7-29(36(18)23-11-14-25(32)26(33)17-23)31-34-27-16-21(30-19(2)35-39-20(30)3)8-15-28(27)37(31)22-9-12-24(38-4)13-10-22/h8,11,14-17,22,24,29H,1,5-7,9-10,12-13H2,2-4H3/t22?,24?,29-/m0/s1/i4D3. The molecular formula is C31H34F2N4O2. The summed E-state index contributed by atoms with van der Waals surface area (Å²) in [6, 6.07) is 9.93. The van der Waals surface area contributed by atoms with Crippen LogP contribution >= 0.6 is 0 Å². The maximum atomic E-state index is 14.4. The van der Waals surface area contributed by atoms with Gasteiger partial charge >= 0.3 is 0 Å². The van der Waals surface area contributed by atoms with Crippen molar-refractivity contribution in [3.05, 3.63) is 77.6 Å². The molecule has 1 aliphatic carbocycles. The van der Waals surface area contributed by atoms with Crippen molar-refractivity contribution in [1.82, 2.24) is 14.7 Å². The van der Waals surface area contributed by atoms with Gasteiger partial charge in [0.15, 0.2) is 11.6 Å².